The lowest BCUT2D eigenvalue weighted by Gasteiger charge is -2.44. The van der Waals surface area contributed by atoms with E-state index in [1.54, 1.807) is 13.8 Å². The Morgan fingerprint density at radius 1 is 1.13 bits per heavy atom. The van der Waals surface area contributed by atoms with Crippen molar-refractivity contribution in [1.82, 2.24) is 0 Å². The van der Waals surface area contributed by atoms with Gasteiger partial charge in [-0.15, -0.1) is 0 Å². The molecule has 0 aromatic heterocycles. The van der Waals surface area contributed by atoms with Crippen LogP contribution in [0.2, 0.25) is 10.0 Å². The van der Waals surface area contributed by atoms with Gasteiger partial charge in [-0.2, -0.15) is 0 Å². The summed E-state index contributed by atoms with van der Waals surface area (Å²) in [6, 6.07) is 0. The van der Waals surface area contributed by atoms with Crippen LogP contribution in [0, 0.1) is 0 Å². The lowest BCUT2D eigenvalue weighted by molar-refractivity contribution is -0.317. The molecule has 1 aromatic carbocycles. The van der Waals surface area contributed by atoms with Crippen LogP contribution in [-0.4, -0.2) is 64.7 Å². The van der Waals surface area contributed by atoms with E-state index in [0.29, 0.717) is 0 Å². The minimum absolute atomic E-state index is 0.158. The third-order valence-electron chi connectivity index (χ3n) is 4.72. The van der Waals surface area contributed by atoms with Gasteiger partial charge >= 0.3 is 5.97 Å². The molecular formula is C20H28Cl2O8. The smallest absolute Gasteiger partial charge is 0.342 e. The molecule has 0 bridgehead atoms. The number of phenols is 2. The quantitative estimate of drug-likeness (QED) is 0.565. The highest BCUT2D eigenvalue weighted by Gasteiger charge is 2.48. The Bertz CT molecular complexity index is 792. The number of aliphatic hydroxyl groups excluding tert-OH is 1. The number of benzene rings is 1. The molecule has 3 N–H and O–H groups in total. The van der Waals surface area contributed by atoms with Crippen LogP contribution in [0.25, 0.3) is 0 Å². The summed E-state index contributed by atoms with van der Waals surface area (Å²) in [6.45, 7) is 8.80. The molecule has 2 rings (SSSR count). The first-order chi connectivity index (χ1) is 13.8. The summed E-state index contributed by atoms with van der Waals surface area (Å²) in [4.78, 5) is 12.9. The summed E-state index contributed by atoms with van der Waals surface area (Å²) in [5, 5.41) is 30.4. The van der Waals surface area contributed by atoms with Gasteiger partial charge in [-0.1, -0.05) is 30.1 Å². The molecule has 1 heterocycles. The van der Waals surface area contributed by atoms with E-state index in [2.05, 4.69) is 0 Å². The van der Waals surface area contributed by atoms with Gasteiger partial charge in [0.2, 0.25) is 0 Å². The van der Waals surface area contributed by atoms with Gasteiger partial charge in [-0.3, -0.25) is 0 Å². The number of phenolic OH excluding ortho intramolecular Hbond substituents is 2. The van der Waals surface area contributed by atoms with Gasteiger partial charge < -0.3 is 34.3 Å². The van der Waals surface area contributed by atoms with Crippen LogP contribution < -0.4 is 0 Å². The zero-order valence-corrected chi connectivity index (χ0v) is 19.2. The molecule has 0 saturated carbocycles. The molecule has 4 unspecified atom stereocenters. The second kappa shape index (κ2) is 9.46. The maximum atomic E-state index is 12.9. The number of hydrogen-bond donors (Lipinski definition) is 3. The van der Waals surface area contributed by atoms with Crippen LogP contribution in [-0.2, 0) is 25.4 Å². The van der Waals surface area contributed by atoms with E-state index in [0.717, 1.165) is 0 Å². The molecule has 1 saturated heterocycles. The third kappa shape index (κ3) is 4.95. The van der Waals surface area contributed by atoms with E-state index < -0.39 is 58.8 Å². The number of carbonyl (C=O) groups excluding carboxylic acids is 1. The fourth-order valence-corrected chi connectivity index (χ4v) is 3.86. The Kier molecular flexibility index (Phi) is 7.88. The number of aliphatic hydroxyl groups is 1. The van der Waals surface area contributed by atoms with E-state index in [-0.39, 0.29) is 22.6 Å². The van der Waals surface area contributed by atoms with Gasteiger partial charge in [0.15, 0.2) is 23.9 Å². The van der Waals surface area contributed by atoms with Crippen molar-refractivity contribution in [3.05, 3.63) is 21.2 Å². The van der Waals surface area contributed by atoms with Crippen molar-refractivity contribution in [1.29, 1.82) is 0 Å². The number of halogens is 2. The van der Waals surface area contributed by atoms with Crippen LogP contribution in [0.1, 0.15) is 50.5 Å². The highest BCUT2D eigenvalue weighted by atomic mass is 35.5. The normalized spacial score (nSPS) is 27.2. The molecule has 30 heavy (non-hydrogen) atoms. The molecule has 1 aliphatic rings. The van der Waals surface area contributed by atoms with E-state index in [9.17, 15) is 20.1 Å². The minimum atomic E-state index is -1.27. The predicted molar refractivity (Wildman–Crippen MR) is 110 cm³/mol. The standard InChI is InChI=1S/C20H28Cl2O8/c1-7-9-10(13(23)12(22)14(24)11(9)21)18(26)29-16-8(2)28-19(30-20(3,4)5)17(27-6)15(16)25/h8,15-17,19,23-25H,7H2,1-6H3/t8?,15?,16-,17?,19?/m0/s1. The lowest BCUT2D eigenvalue weighted by Crippen LogP contribution is -2.60. The Morgan fingerprint density at radius 3 is 2.23 bits per heavy atom. The van der Waals surface area contributed by atoms with Crippen molar-refractivity contribution in [2.45, 2.75) is 77.3 Å². The highest BCUT2D eigenvalue weighted by Crippen LogP contribution is 2.45. The number of hydrogen-bond acceptors (Lipinski definition) is 8. The maximum Gasteiger partial charge on any atom is 0.342 e. The van der Waals surface area contributed by atoms with E-state index in [1.807, 2.05) is 20.8 Å². The SMILES string of the molecule is CCc1c(Cl)c(O)c(Cl)c(O)c1C(=O)O[C@H]1C(C)OC(OC(C)(C)C)C(OC)C1O. The fraction of sp³-hybridized carbons (Fsp3) is 0.650. The second-order valence-electron chi connectivity index (χ2n) is 8.03. The molecule has 0 amide bonds. The summed E-state index contributed by atoms with van der Waals surface area (Å²) in [5.41, 5.74) is -0.685. The average Bonchev–Trinajstić information content (AvgIpc) is 2.64. The first-order valence-corrected chi connectivity index (χ1v) is 10.3. The maximum absolute atomic E-state index is 12.9. The molecule has 5 atom stereocenters. The van der Waals surface area contributed by atoms with Crippen LogP contribution in [0.5, 0.6) is 11.5 Å². The molecule has 10 heteroatoms. The van der Waals surface area contributed by atoms with Crippen molar-refractivity contribution >= 4 is 29.2 Å². The monoisotopic (exact) mass is 466 g/mol. The molecule has 170 valence electrons. The number of carbonyl (C=O) groups is 1. The fourth-order valence-electron chi connectivity index (χ4n) is 3.30. The minimum Gasteiger partial charge on any atom is -0.505 e. The summed E-state index contributed by atoms with van der Waals surface area (Å²) in [6.07, 6.45) is -4.75. The largest absolute Gasteiger partial charge is 0.505 e. The topological polar surface area (TPSA) is 115 Å². The molecule has 1 aliphatic heterocycles. The lowest BCUT2D eigenvalue weighted by atomic mass is 9.98. The number of rotatable bonds is 5. The molecule has 1 aromatic rings. The number of ether oxygens (including phenoxy) is 4. The van der Waals surface area contributed by atoms with Crippen molar-refractivity contribution in [2.75, 3.05) is 7.11 Å². The van der Waals surface area contributed by atoms with E-state index in [4.69, 9.17) is 42.1 Å². The highest BCUT2D eigenvalue weighted by molar-refractivity contribution is 6.39. The van der Waals surface area contributed by atoms with Crippen molar-refractivity contribution < 1.29 is 39.1 Å². The molecule has 0 radical (unpaired) electrons. The van der Waals surface area contributed by atoms with Crippen LogP contribution in [0.3, 0.4) is 0 Å². The third-order valence-corrected chi connectivity index (χ3v) is 5.49. The van der Waals surface area contributed by atoms with Gasteiger partial charge in [0.1, 0.15) is 22.8 Å². The zero-order chi connectivity index (χ0) is 23.0. The second-order valence-corrected chi connectivity index (χ2v) is 8.79. The summed E-state index contributed by atoms with van der Waals surface area (Å²) in [5.74, 6) is -2.16. The summed E-state index contributed by atoms with van der Waals surface area (Å²) >= 11 is 12.0. The Balaban J connectivity index is 2.34. The molecule has 8 nitrogen and oxygen atoms in total. The van der Waals surface area contributed by atoms with Gasteiger partial charge in [0, 0.05) is 7.11 Å². The number of aromatic hydroxyl groups is 2. The first-order valence-electron chi connectivity index (χ1n) is 9.50. The summed E-state index contributed by atoms with van der Waals surface area (Å²) < 4.78 is 22.4. The van der Waals surface area contributed by atoms with Gasteiger partial charge in [0.25, 0.3) is 0 Å². The Labute approximate surface area is 185 Å². The Morgan fingerprint density at radius 2 is 1.73 bits per heavy atom. The number of methoxy groups -OCH3 is 1. The van der Waals surface area contributed by atoms with Crippen LogP contribution >= 0.6 is 23.2 Å². The van der Waals surface area contributed by atoms with Crippen molar-refractivity contribution in [3.63, 3.8) is 0 Å². The molecule has 0 spiro atoms. The first kappa shape index (κ1) is 25.0. The van der Waals surface area contributed by atoms with Crippen LogP contribution in [0.4, 0.5) is 0 Å². The van der Waals surface area contributed by atoms with Gasteiger partial charge in [-0.25, -0.2) is 4.79 Å². The van der Waals surface area contributed by atoms with E-state index >= 15 is 0 Å². The zero-order valence-electron chi connectivity index (χ0n) is 17.7. The Hall–Kier alpha value is -1.29. The van der Waals surface area contributed by atoms with Crippen molar-refractivity contribution in [3.8, 4) is 11.5 Å². The molecule has 0 aliphatic carbocycles. The average molecular weight is 467 g/mol. The van der Waals surface area contributed by atoms with E-state index in [1.165, 1.54) is 7.11 Å². The van der Waals surface area contributed by atoms with Crippen molar-refractivity contribution in [2.24, 2.45) is 0 Å². The molecule has 1 fully saturated rings. The number of esters is 1. The molecular weight excluding hydrogens is 439 g/mol. The predicted octanol–water partition coefficient (Wildman–Crippen LogP) is 3.43. The van der Waals surface area contributed by atoms with Crippen LogP contribution in [0.15, 0.2) is 0 Å². The van der Waals surface area contributed by atoms with Gasteiger partial charge in [-0.05, 0) is 39.7 Å². The summed E-state index contributed by atoms with van der Waals surface area (Å²) in [7, 11) is 1.38. The van der Waals surface area contributed by atoms with Gasteiger partial charge in [0.05, 0.1) is 16.7 Å².